The van der Waals surface area contributed by atoms with Crippen molar-refractivity contribution in [1.82, 2.24) is 10.3 Å². The van der Waals surface area contributed by atoms with Crippen LogP contribution in [0.3, 0.4) is 0 Å². The zero-order valence-electron chi connectivity index (χ0n) is 12.0. The van der Waals surface area contributed by atoms with Gasteiger partial charge in [-0.15, -0.1) is 11.3 Å². The fraction of sp³-hybridized carbons (Fsp3) is 0.0588. The van der Waals surface area contributed by atoms with Gasteiger partial charge in [-0.25, -0.2) is 4.98 Å². The molecule has 0 radical (unpaired) electrons. The molecular formula is C17H14N2O3S. The van der Waals surface area contributed by atoms with E-state index in [1.54, 1.807) is 6.20 Å². The average Bonchev–Trinajstić information content (AvgIpc) is 3.10. The Morgan fingerprint density at radius 1 is 1.09 bits per heavy atom. The molecule has 0 aliphatic heterocycles. The molecule has 0 aliphatic carbocycles. The van der Waals surface area contributed by atoms with Crippen LogP contribution in [0, 0.1) is 0 Å². The molecule has 2 aromatic carbocycles. The quantitative estimate of drug-likeness (QED) is 0.644. The number of aromatic hydroxyl groups is 2. The highest BCUT2D eigenvalue weighted by Gasteiger charge is 2.22. The van der Waals surface area contributed by atoms with Gasteiger partial charge in [-0.3, -0.25) is 4.79 Å². The lowest BCUT2D eigenvalue weighted by molar-refractivity contribution is 0.0939. The molecule has 23 heavy (non-hydrogen) atoms. The van der Waals surface area contributed by atoms with E-state index < -0.39 is 17.7 Å². The predicted molar refractivity (Wildman–Crippen MR) is 87.6 cm³/mol. The van der Waals surface area contributed by atoms with E-state index >= 15 is 0 Å². The number of carbonyl (C=O) groups is 1. The van der Waals surface area contributed by atoms with Crippen molar-refractivity contribution in [2.75, 3.05) is 0 Å². The first-order chi connectivity index (χ1) is 11.2. The number of nitrogens with zero attached hydrogens (tertiary/aromatic N) is 1. The first-order valence-electron chi connectivity index (χ1n) is 6.93. The van der Waals surface area contributed by atoms with Crippen molar-refractivity contribution in [3.05, 3.63) is 76.2 Å². The minimum Gasteiger partial charge on any atom is -0.504 e. The molecule has 0 spiro atoms. The van der Waals surface area contributed by atoms with Crippen LogP contribution in [0.25, 0.3) is 0 Å². The van der Waals surface area contributed by atoms with Crippen LogP contribution in [-0.2, 0) is 0 Å². The lowest BCUT2D eigenvalue weighted by atomic mass is 10.1. The van der Waals surface area contributed by atoms with Crippen molar-refractivity contribution in [3.8, 4) is 11.5 Å². The van der Waals surface area contributed by atoms with Crippen LogP contribution >= 0.6 is 11.3 Å². The smallest absolute Gasteiger partial charge is 0.256 e. The number of nitrogens with one attached hydrogen (secondary N) is 1. The number of thiazole rings is 1. The van der Waals surface area contributed by atoms with Gasteiger partial charge in [0.2, 0.25) is 0 Å². The summed E-state index contributed by atoms with van der Waals surface area (Å²) >= 11 is 1.43. The second-order valence-corrected chi connectivity index (χ2v) is 5.79. The Kier molecular flexibility index (Phi) is 4.25. The number of hydrogen-bond acceptors (Lipinski definition) is 5. The normalized spacial score (nSPS) is 11.8. The lowest BCUT2D eigenvalue weighted by Gasteiger charge is -2.17. The monoisotopic (exact) mass is 326 g/mol. The third-order valence-electron chi connectivity index (χ3n) is 3.37. The van der Waals surface area contributed by atoms with Gasteiger partial charge in [0.25, 0.3) is 5.91 Å². The first-order valence-corrected chi connectivity index (χ1v) is 7.81. The Balaban J connectivity index is 1.93. The van der Waals surface area contributed by atoms with Crippen molar-refractivity contribution >= 4 is 17.2 Å². The van der Waals surface area contributed by atoms with Crippen LogP contribution in [0.1, 0.15) is 27.0 Å². The number of para-hydroxylation sites is 1. The number of benzene rings is 2. The molecule has 0 saturated carbocycles. The van der Waals surface area contributed by atoms with Crippen LogP contribution in [0.15, 0.2) is 60.1 Å². The highest BCUT2D eigenvalue weighted by atomic mass is 32.1. The molecule has 0 saturated heterocycles. The number of rotatable bonds is 4. The predicted octanol–water partition coefficient (Wildman–Crippen LogP) is 3.07. The number of phenolic OH excluding ortho intramolecular Hbond substituents is 2. The maximum absolute atomic E-state index is 12.5. The zero-order valence-corrected chi connectivity index (χ0v) is 12.8. The summed E-state index contributed by atoms with van der Waals surface area (Å²) < 4.78 is 0. The maximum Gasteiger partial charge on any atom is 0.256 e. The van der Waals surface area contributed by atoms with Crippen LogP contribution in [0.2, 0.25) is 0 Å². The van der Waals surface area contributed by atoms with E-state index in [0.717, 1.165) is 10.6 Å². The van der Waals surface area contributed by atoms with E-state index in [9.17, 15) is 15.0 Å². The van der Waals surface area contributed by atoms with Gasteiger partial charge in [-0.05, 0) is 17.7 Å². The summed E-state index contributed by atoms with van der Waals surface area (Å²) in [6, 6.07) is 13.3. The van der Waals surface area contributed by atoms with E-state index in [0.29, 0.717) is 0 Å². The second kappa shape index (κ2) is 6.50. The molecule has 1 aromatic heterocycles. The fourth-order valence-electron chi connectivity index (χ4n) is 2.23. The number of hydrogen-bond donors (Lipinski definition) is 3. The highest BCUT2D eigenvalue weighted by molar-refractivity contribution is 7.09. The van der Waals surface area contributed by atoms with E-state index in [-0.39, 0.29) is 11.3 Å². The molecule has 0 unspecified atom stereocenters. The second-order valence-electron chi connectivity index (χ2n) is 4.86. The van der Waals surface area contributed by atoms with Crippen molar-refractivity contribution in [2.24, 2.45) is 0 Å². The summed E-state index contributed by atoms with van der Waals surface area (Å²) in [6.07, 6.45) is 1.67. The average molecular weight is 326 g/mol. The molecule has 116 valence electrons. The summed E-state index contributed by atoms with van der Waals surface area (Å²) in [6.45, 7) is 0. The third kappa shape index (κ3) is 3.17. The van der Waals surface area contributed by atoms with E-state index in [1.807, 2.05) is 35.7 Å². The Bertz CT molecular complexity index is 804. The van der Waals surface area contributed by atoms with Gasteiger partial charge in [0.1, 0.15) is 11.0 Å². The van der Waals surface area contributed by atoms with Crippen LogP contribution in [0.4, 0.5) is 0 Å². The standard InChI is InChI=1S/C17H14N2O3S/c20-13-8-4-7-12(15(13)21)16(22)19-14(17-18-9-10-23-17)11-5-2-1-3-6-11/h1-10,14,20-21H,(H,19,22)/t14-/m1/s1. The van der Waals surface area contributed by atoms with E-state index in [2.05, 4.69) is 10.3 Å². The number of carbonyl (C=O) groups excluding carboxylic acids is 1. The SMILES string of the molecule is O=C(N[C@H](c1ccccc1)c1nccs1)c1cccc(O)c1O. The van der Waals surface area contributed by atoms with Crippen molar-refractivity contribution in [2.45, 2.75) is 6.04 Å². The molecule has 3 N–H and O–H groups in total. The minimum atomic E-state index is -0.484. The Labute approximate surface area is 136 Å². The van der Waals surface area contributed by atoms with Crippen LogP contribution in [-0.4, -0.2) is 21.1 Å². The molecule has 0 fully saturated rings. The van der Waals surface area contributed by atoms with E-state index in [4.69, 9.17) is 0 Å². The minimum absolute atomic E-state index is 0.0162. The molecule has 5 nitrogen and oxygen atoms in total. The fourth-order valence-corrected chi connectivity index (χ4v) is 2.95. The maximum atomic E-state index is 12.5. The van der Waals surface area contributed by atoms with Gasteiger partial charge in [0.05, 0.1) is 5.56 Å². The lowest BCUT2D eigenvalue weighted by Crippen LogP contribution is -2.29. The molecule has 0 bridgehead atoms. The Morgan fingerprint density at radius 3 is 2.57 bits per heavy atom. The molecule has 1 amide bonds. The zero-order chi connectivity index (χ0) is 16.2. The molecule has 1 atom stereocenters. The van der Waals surface area contributed by atoms with Gasteiger partial charge in [0, 0.05) is 11.6 Å². The Hall–Kier alpha value is -2.86. The summed E-state index contributed by atoms with van der Waals surface area (Å²) in [5, 5.41) is 24.8. The van der Waals surface area contributed by atoms with Crippen LogP contribution in [0.5, 0.6) is 11.5 Å². The number of amides is 1. The summed E-state index contributed by atoms with van der Waals surface area (Å²) in [5.41, 5.74) is 0.901. The topological polar surface area (TPSA) is 82.5 Å². The Morgan fingerprint density at radius 2 is 1.87 bits per heavy atom. The van der Waals surface area contributed by atoms with Crippen molar-refractivity contribution in [3.63, 3.8) is 0 Å². The first kappa shape index (κ1) is 15.1. The van der Waals surface area contributed by atoms with Crippen LogP contribution < -0.4 is 5.32 Å². The molecular weight excluding hydrogens is 312 g/mol. The van der Waals surface area contributed by atoms with Gasteiger partial charge < -0.3 is 15.5 Å². The molecule has 6 heteroatoms. The van der Waals surface area contributed by atoms with Crippen molar-refractivity contribution in [1.29, 1.82) is 0 Å². The van der Waals surface area contributed by atoms with Crippen molar-refractivity contribution < 1.29 is 15.0 Å². The molecule has 0 aliphatic rings. The summed E-state index contributed by atoms with van der Waals surface area (Å²) in [5.74, 6) is -1.25. The highest BCUT2D eigenvalue weighted by Crippen LogP contribution is 2.30. The van der Waals surface area contributed by atoms with E-state index in [1.165, 1.54) is 29.5 Å². The van der Waals surface area contributed by atoms with Gasteiger partial charge in [0.15, 0.2) is 11.5 Å². The third-order valence-corrected chi connectivity index (χ3v) is 4.21. The van der Waals surface area contributed by atoms with Gasteiger partial charge in [-0.2, -0.15) is 0 Å². The largest absolute Gasteiger partial charge is 0.504 e. The number of aromatic nitrogens is 1. The summed E-state index contributed by atoms with van der Waals surface area (Å²) in [7, 11) is 0. The molecule has 1 heterocycles. The molecule has 3 rings (SSSR count). The molecule has 3 aromatic rings. The van der Waals surface area contributed by atoms with Gasteiger partial charge >= 0.3 is 0 Å². The van der Waals surface area contributed by atoms with Gasteiger partial charge in [-0.1, -0.05) is 36.4 Å². The number of phenols is 2. The summed E-state index contributed by atoms with van der Waals surface area (Å²) in [4.78, 5) is 16.8.